The van der Waals surface area contributed by atoms with E-state index in [1.165, 1.54) is 0 Å². The third kappa shape index (κ3) is 2.19. The van der Waals surface area contributed by atoms with Crippen LogP contribution < -0.4 is 20.1 Å². The van der Waals surface area contributed by atoms with Gasteiger partial charge in [0.15, 0.2) is 11.5 Å². The molecule has 0 spiro atoms. The first kappa shape index (κ1) is 12.5. The van der Waals surface area contributed by atoms with Crippen LogP contribution in [0, 0.1) is 0 Å². The molecule has 0 fully saturated rings. The molecule has 1 unspecified atom stereocenters. The summed E-state index contributed by atoms with van der Waals surface area (Å²) in [7, 11) is 4.67. The Morgan fingerprint density at radius 1 is 1.11 bits per heavy atom. The van der Waals surface area contributed by atoms with E-state index < -0.39 is 6.04 Å². The Morgan fingerprint density at radius 3 is 2.28 bits per heavy atom. The summed E-state index contributed by atoms with van der Waals surface area (Å²) in [6.07, 6.45) is 0. The lowest BCUT2D eigenvalue weighted by Crippen LogP contribution is -2.41. The zero-order chi connectivity index (χ0) is 13.1. The molecule has 1 aliphatic rings. The molecule has 18 heavy (non-hydrogen) atoms. The van der Waals surface area contributed by atoms with Crippen molar-refractivity contribution in [1.29, 1.82) is 0 Å². The number of anilines is 2. The fourth-order valence-corrected chi connectivity index (χ4v) is 1.86. The molecule has 1 aromatic rings. The number of methoxy groups -OCH3 is 3. The van der Waals surface area contributed by atoms with Gasteiger partial charge in [0.25, 0.3) is 0 Å². The summed E-state index contributed by atoms with van der Waals surface area (Å²) in [6.45, 7) is 0.305. The first-order valence-corrected chi connectivity index (χ1v) is 5.52. The van der Waals surface area contributed by atoms with Crippen molar-refractivity contribution in [2.45, 2.75) is 6.04 Å². The molecular formula is C12H16N2O4. The van der Waals surface area contributed by atoms with Crippen molar-refractivity contribution in [3.05, 3.63) is 12.1 Å². The monoisotopic (exact) mass is 252 g/mol. The first-order valence-electron chi connectivity index (χ1n) is 5.52. The van der Waals surface area contributed by atoms with Crippen LogP contribution in [0.25, 0.3) is 0 Å². The molecule has 1 amide bonds. The molecule has 2 N–H and O–H groups in total. The SMILES string of the molecule is COCC1Nc2cc(OC)c(OC)cc2NC1=O. The highest BCUT2D eigenvalue weighted by Crippen LogP contribution is 2.38. The number of hydrogen-bond acceptors (Lipinski definition) is 5. The largest absolute Gasteiger partial charge is 0.493 e. The number of nitrogens with one attached hydrogen (secondary N) is 2. The minimum absolute atomic E-state index is 0.128. The van der Waals surface area contributed by atoms with Gasteiger partial charge in [-0.25, -0.2) is 0 Å². The number of amides is 1. The first-order chi connectivity index (χ1) is 8.69. The molecule has 1 aromatic carbocycles. The van der Waals surface area contributed by atoms with Crippen LogP contribution in [-0.2, 0) is 9.53 Å². The summed E-state index contributed by atoms with van der Waals surface area (Å²) in [5.41, 5.74) is 1.46. The molecule has 0 aliphatic carbocycles. The standard InChI is InChI=1S/C12H16N2O4/c1-16-6-9-12(15)14-8-5-11(18-3)10(17-2)4-7(8)13-9/h4-5,9,13H,6H2,1-3H3,(H,14,15). The zero-order valence-corrected chi connectivity index (χ0v) is 10.6. The van der Waals surface area contributed by atoms with Crippen LogP contribution in [0.5, 0.6) is 11.5 Å². The van der Waals surface area contributed by atoms with Crippen molar-refractivity contribution in [3.63, 3.8) is 0 Å². The van der Waals surface area contributed by atoms with Crippen LogP contribution in [0.2, 0.25) is 0 Å². The maximum absolute atomic E-state index is 11.8. The highest BCUT2D eigenvalue weighted by atomic mass is 16.5. The Kier molecular flexibility index (Phi) is 3.57. The van der Waals surface area contributed by atoms with E-state index in [1.54, 1.807) is 33.5 Å². The molecule has 0 radical (unpaired) electrons. The van der Waals surface area contributed by atoms with E-state index in [2.05, 4.69) is 10.6 Å². The molecule has 0 bridgehead atoms. The molecule has 6 heteroatoms. The fraction of sp³-hybridized carbons (Fsp3) is 0.417. The van der Waals surface area contributed by atoms with Gasteiger partial charge in [-0.1, -0.05) is 0 Å². The number of rotatable bonds is 4. The maximum Gasteiger partial charge on any atom is 0.249 e. The quantitative estimate of drug-likeness (QED) is 0.839. The molecule has 1 aliphatic heterocycles. The van der Waals surface area contributed by atoms with Gasteiger partial charge in [-0.05, 0) is 0 Å². The van der Waals surface area contributed by atoms with Crippen molar-refractivity contribution in [2.24, 2.45) is 0 Å². The van der Waals surface area contributed by atoms with E-state index >= 15 is 0 Å². The van der Waals surface area contributed by atoms with E-state index in [0.29, 0.717) is 23.8 Å². The van der Waals surface area contributed by atoms with Crippen LogP contribution in [0.3, 0.4) is 0 Å². The maximum atomic E-state index is 11.8. The summed E-state index contributed by atoms with van der Waals surface area (Å²) in [5.74, 6) is 1.05. The highest BCUT2D eigenvalue weighted by molar-refractivity contribution is 6.03. The zero-order valence-electron chi connectivity index (χ0n) is 10.6. The molecule has 6 nitrogen and oxygen atoms in total. The van der Waals surface area contributed by atoms with E-state index in [4.69, 9.17) is 14.2 Å². The van der Waals surface area contributed by atoms with Gasteiger partial charge >= 0.3 is 0 Å². The molecule has 1 heterocycles. The molecule has 98 valence electrons. The van der Waals surface area contributed by atoms with Crippen LogP contribution >= 0.6 is 0 Å². The smallest absolute Gasteiger partial charge is 0.249 e. The van der Waals surface area contributed by atoms with Crippen molar-refractivity contribution in [1.82, 2.24) is 0 Å². The number of benzene rings is 1. The Balaban J connectivity index is 2.34. The molecule has 0 aromatic heterocycles. The van der Waals surface area contributed by atoms with Gasteiger partial charge in [0, 0.05) is 19.2 Å². The summed E-state index contributed by atoms with van der Waals surface area (Å²) in [6, 6.07) is 3.11. The Bertz CT molecular complexity index is 462. The number of hydrogen-bond donors (Lipinski definition) is 2. The number of ether oxygens (including phenoxy) is 3. The number of fused-ring (bicyclic) bond motifs is 1. The van der Waals surface area contributed by atoms with E-state index in [1.807, 2.05) is 0 Å². The second-order valence-electron chi connectivity index (χ2n) is 3.89. The van der Waals surface area contributed by atoms with Gasteiger partial charge in [0.1, 0.15) is 6.04 Å². The second-order valence-corrected chi connectivity index (χ2v) is 3.89. The minimum atomic E-state index is -0.402. The minimum Gasteiger partial charge on any atom is -0.493 e. The molecule has 0 saturated heterocycles. The average molecular weight is 252 g/mol. The van der Waals surface area contributed by atoms with Crippen molar-refractivity contribution < 1.29 is 19.0 Å². The third-order valence-corrected chi connectivity index (χ3v) is 2.76. The predicted octanol–water partition coefficient (Wildman–Crippen LogP) is 1.08. The summed E-state index contributed by atoms with van der Waals surface area (Å²) >= 11 is 0. The van der Waals surface area contributed by atoms with Crippen molar-refractivity contribution in [3.8, 4) is 11.5 Å². The normalized spacial score (nSPS) is 17.5. The highest BCUT2D eigenvalue weighted by Gasteiger charge is 2.26. The summed E-state index contributed by atoms with van der Waals surface area (Å²) in [5, 5.41) is 5.90. The molecular weight excluding hydrogens is 236 g/mol. The van der Waals surface area contributed by atoms with Gasteiger partial charge in [0.05, 0.1) is 32.2 Å². The van der Waals surface area contributed by atoms with E-state index in [0.717, 1.165) is 5.69 Å². The van der Waals surface area contributed by atoms with Crippen LogP contribution in [-0.4, -0.2) is 39.9 Å². The van der Waals surface area contributed by atoms with Gasteiger partial charge < -0.3 is 24.8 Å². The Hall–Kier alpha value is -1.95. The topological polar surface area (TPSA) is 68.8 Å². The molecule has 1 atom stereocenters. The number of carbonyl (C=O) groups is 1. The summed E-state index contributed by atoms with van der Waals surface area (Å²) in [4.78, 5) is 11.8. The van der Waals surface area contributed by atoms with Crippen molar-refractivity contribution >= 4 is 17.3 Å². The van der Waals surface area contributed by atoms with Gasteiger partial charge in [-0.2, -0.15) is 0 Å². The molecule has 0 saturated carbocycles. The van der Waals surface area contributed by atoms with Crippen LogP contribution in [0.15, 0.2) is 12.1 Å². The second kappa shape index (κ2) is 5.14. The Labute approximate surface area is 105 Å². The lowest BCUT2D eigenvalue weighted by Gasteiger charge is -2.27. The van der Waals surface area contributed by atoms with Gasteiger partial charge in [-0.15, -0.1) is 0 Å². The van der Waals surface area contributed by atoms with E-state index in [9.17, 15) is 4.79 Å². The predicted molar refractivity (Wildman–Crippen MR) is 67.5 cm³/mol. The third-order valence-electron chi connectivity index (χ3n) is 2.76. The molecule has 2 rings (SSSR count). The van der Waals surface area contributed by atoms with Crippen LogP contribution in [0.4, 0.5) is 11.4 Å². The lowest BCUT2D eigenvalue weighted by molar-refractivity contribution is -0.118. The van der Waals surface area contributed by atoms with E-state index in [-0.39, 0.29) is 5.91 Å². The van der Waals surface area contributed by atoms with Crippen molar-refractivity contribution in [2.75, 3.05) is 38.6 Å². The number of carbonyl (C=O) groups excluding carboxylic acids is 1. The summed E-state index contributed by atoms with van der Waals surface area (Å²) < 4.78 is 15.4. The van der Waals surface area contributed by atoms with Gasteiger partial charge in [-0.3, -0.25) is 4.79 Å². The average Bonchev–Trinajstić information content (AvgIpc) is 2.38. The Morgan fingerprint density at radius 2 is 1.72 bits per heavy atom. The lowest BCUT2D eigenvalue weighted by atomic mass is 10.1. The van der Waals surface area contributed by atoms with Gasteiger partial charge in [0.2, 0.25) is 5.91 Å². The van der Waals surface area contributed by atoms with Crippen LogP contribution in [0.1, 0.15) is 0 Å². The fourth-order valence-electron chi connectivity index (χ4n) is 1.86.